The van der Waals surface area contributed by atoms with Gasteiger partial charge >= 0.3 is 5.97 Å². The third kappa shape index (κ3) is 4.82. The molecule has 4 rings (SSSR count). The minimum absolute atomic E-state index is 0.0857. The van der Waals surface area contributed by atoms with Crippen LogP contribution < -0.4 is 14.9 Å². The summed E-state index contributed by atoms with van der Waals surface area (Å²) in [7, 11) is 1.52. The van der Waals surface area contributed by atoms with Gasteiger partial charge in [-0.15, -0.1) is 0 Å². The Hall–Kier alpha value is -2.71. The first kappa shape index (κ1) is 23.4. The fourth-order valence-electron chi connectivity index (χ4n) is 3.58. The number of carbonyl (C=O) groups excluding carboxylic acids is 1. The van der Waals surface area contributed by atoms with Crippen LogP contribution in [0.25, 0.3) is 6.08 Å². The van der Waals surface area contributed by atoms with Gasteiger partial charge in [0.1, 0.15) is 12.6 Å². The van der Waals surface area contributed by atoms with Gasteiger partial charge in [0.05, 0.1) is 22.4 Å². The number of hydrogen-bond acceptors (Lipinski definition) is 6. The molecule has 0 radical (unpaired) electrons. The number of ether oxygens (including phenoxy) is 2. The molecule has 1 aliphatic heterocycles. The maximum absolute atomic E-state index is 13.5. The Bertz CT molecular complexity index is 1410. The quantitative estimate of drug-likeness (QED) is 0.380. The Morgan fingerprint density at radius 3 is 2.58 bits per heavy atom. The van der Waals surface area contributed by atoms with E-state index < -0.39 is 12.0 Å². The molecule has 0 unspecified atom stereocenters. The SMILES string of the molecule is COCCOC(=O)C1=C(C)N=c2s/c(=C\c3ccc(Cl)cc3)c(=O)n2[C@@H]1c1ccccc1Cl. The zero-order chi connectivity index (χ0) is 23.5. The molecular weight excluding hydrogens is 483 g/mol. The number of esters is 1. The molecule has 0 bridgehead atoms. The molecule has 2 aromatic carbocycles. The van der Waals surface area contributed by atoms with E-state index in [1.165, 1.54) is 23.0 Å². The Kier molecular flexibility index (Phi) is 7.14. The summed E-state index contributed by atoms with van der Waals surface area (Å²) in [5.74, 6) is -0.565. The number of fused-ring (bicyclic) bond motifs is 1. The average Bonchev–Trinajstić information content (AvgIpc) is 3.09. The smallest absolute Gasteiger partial charge is 0.338 e. The van der Waals surface area contributed by atoms with Gasteiger partial charge < -0.3 is 9.47 Å². The van der Waals surface area contributed by atoms with E-state index in [0.29, 0.717) is 30.6 Å². The number of allylic oxidation sites excluding steroid dienone is 1. The van der Waals surface area contributed by atoms with Crippen LogP contribution in [0.4, 0.5) is 0 Å². The van der Waals surface area contributed by atoms with E-state index in [0.717, 1.165) is 5.56 Å². The molecule has 170 valence electrons. The van der Waals surface area contributed by atoms with Crippen molar-refractivity contribution < 1.29 is 14.3 Å². The van der Waals surface area contributed by atoms with Gasteiger partial charge in [0.15, 0.2) is 4.80 Å². The number of halogens is 2. The summed E-state index contributed by atoms with van der Waals surface area (Å²) >= 11 is 13.7. The molecule has 0 saturated heterocycles. The largest absolute Gasteiger partial charge is 0.460 e. The summed E-state index contributed by atoms with van der Waals surface area (Å²) < 4.78 is 12.4. The van der Waals surface area contributed by atoms with Crippen LogP contribution in [0.3, 0.4) is 0 Å². The van der Waals surface area contributed by atoms with Crippen LogP contribution in [-0.2, 0) is 14.3 Å². The molecule has 1 aromatic heterocycles. The molecule has 0 fully saturated rings. The molecule has 3 aromatic rings. The number of hydrogen-bond donors (Lipinski definition) is 0. The van der Waals surface area contributed by atoms with Crippen molar-refractivity contribution in [3.05, 3.63) is 101 Å². The van der Waals surface area contributed by atoms with Crippen molar-refractivity contribution in [2.75, 3.05) is 20.3 Å². The summed E-state index contributed by atoms with van der Waals surface area (Å²) in [5.41, 5.74) is 1.92. The number of methoxy groups -OCH3 is 1. The normalized spacial score (nSPS) is 15.9. The van der Waals surface area contributed by atoms with Gasteiger partial charge in [0.2, 0.25) is 0 Å². The second-order valence-electron chi connectivity index (χ2n) is 7.28. The Labute approximate surface area is 204 Å². The first-order valence-corrected chi connectivity index (χ1v) is 11.7. The Balaban J connectivity index is 1.90. The van der Waals surface area contributed by atoms with Crippen molar-refractivity contribution in [1.29, 1.82) is 0 Å². The second kappa shape index (κ2) is 10.1. The van der Waals surface area contributed by atoms with Crippen LogP contribution in [-0.4, -0.2) is 30.9 Å². The molecule has 9 heteroatoms. The zero-order valence-electron chi connectivity index (χ0n) is 17.9. The van der Waals surface area contributed by atoms with Crippen molar-refractivity contribution in [2.45, 2.75) is 13.0 Å². The average molecular weight is 503 g/mol. The van der Waals surface area contributed by atoms with Gasteiger partial charge in [-0.2, -0.15) is 0 Å². The van der Waals surface area contributed by atoms with Crippen molar-refractivity contribution in [3.8, 4) is 0 Å². The molecule has 33 heavy (non-hydrogen) atoms. The number of rotatable bonds is 6. The summed E-state index contributed by atoms with van der Waals surface area (Å²) in [4.78, 5) is 31.6. The third-order valence-electron chi connectivity index (χ3n) is 5.13. The lowest BCUT2D eigenvalue weighted by molar-refractivity contribution is -0.140. The van der Waals surface area contributed by atoms with Crippen molar-refractivity contribution in [2.24, 2.45) is 4.99 Å². The lowest BCUT2D eigenvalue weighted by Crippen LogP contribution is -2.40. The Morgan fingerprint density at radius 2 is 1.88 bits per heavy atom. The predicted molar refractivity (Wildman–Crippen MR) is 130 cm³/mol. The van der Waals surface area contributed by atoms with E-state index in [9.17, 15) is 9.59 Å². The number of thiazole rings is 1. The molecule has 0 saturated carbocycles. The van der Waals surface area contributed by atoms with E-state index in [2.05, 4.69) is 4.99 Å². The van der Waals surface area contributed by atoms with Crippen LogP contribution in [0.2, 0.25) is 10.0 Å². The molecule has 0 spiro atoms. The third-order valence-corrected chi connectivity index (χ3v) is 6.71. The predicted octanol–water partition coefficient (Wildman–Crippen LogP) is 3.73. The van der Waals surface area contributed by atoms with Gasteiger partial charge in [-0.1, -0.05) is 64.9 Å². The summed E-state index contributed by atoms with van der Waals surface area (Å²) in [6.07, 6.45) is 1.78. The minimum Gasteiger partial charge on any atom is -0.460 e. The van der Waals surface area contributed by atoms with Crippen molar-refractivity contribution in [1.82, 2.24) is 4.57 Å². The fourth-order valence-corrected chi connectivity index (χ4v) is 4.99. The molecule has 0 amide bonds. The van der Waals surface area contributed by atoms with Gasteiger partial charge in [-0.05, 0) is 42.3 Å². The molecule has 6 nitrogen and oxygen atoms in total. The van der Waals surface area contributed by atoms with E-state index in [1.54, 1.807) is 43.3 Å². The molecule has 1 aliphatic rings. The van der Waals surface area contributed by atoms with Crippen molar-refractivity contribution in [3.63, 3.8) is 0 Å². The minimum atomic E-state index is -0.766. The van der Waals surface area contributed by atoms with Crippen LogP contribution >= 0.6 is 34.5 Å². The number of nitrogens with zero attached hydrogens (tertiary/aromatic N) is 2. The molecule has 0 N–H and O–H groups in total. The lowest BCUT2D eigenvalue weighted by atomic mass is 9.96. The topological polar surface area (TPSA) is 69.9 Å². The maximum atomic E-state index is 13.5. The molecular formula is C24H20Cl2N2O4S. The van der Waals surface area contributed by atoms with Gasteiger partial charge in [-0.25, -0.2) is 9.79 Å². The van der Waals surface area contributed by atoms with Gasteiger partial charge in [0, 0.05) is 17.2 Å². The highest BCUT2D eigenvalue weighted by Gasteiger charge is 2.34. The van der Waals surface area contributed by atoms with Crippen molar-refractivity contribution >= 4 is 46.6 Å². The first-order valence-electron chi connectivity index (χ1n) is 10.1. The van der Waals surface area contributed by atoms with E-state index in [-0.39, 0.29) is 24.3 Å². The van der Waals surface area contributed by atoms with Crippen LogP contribution in [0.5, 0.6) is 0 Å². The summed E-state index contributed by atoms with van der Waals surface area (Å²) in [6, 6.07) is 13.5. The molecule has 0 aliphatic carbocycles. The van der Waals surface area contributed by atoms with E-state index in [4.69, 9.17) is 32.7 Å². The van der Waals surface area contributed by atoms with Crippen LogP contribution in [0.15, 0.2) is 69.6 Å². The maximum Gasteiger partial charge on any atom is 0.338 e. The molecule has 1 atom stereocenters. The summed E-state index contributed by atoms with van der Waals surface area (Å²) in [6.45, 7) is 2.07. The van der Waals surface area contributed by atoms with Gasteiger partial charge in [0.25, 0.3) is 5.56 Å². The fraction of sp³-hybridized carbons (Fsp3) is 0.208. The number of benzene rings is 2. The highest BCUT2D eigenvalue weighted by molar-refractivity contribution is 7.07. The highest BCUT2D eigenvalue weighted by atomic mass is 35.5. The van der Waals surface area contributed by atoms with E-state index in [1.807, 2.05) is 18.2 Å². The van der Waals surface area contributed by atoms with E-state index >= 15 is 0 Å². The monoisotopic (exact) mass is 502 g/mol. The Morgan fingerprint density at radius 1 is 1.15 bits per heavy atom. The van der Waals surface area contributed by atoms with Crippen LogP contribution in [0, 0.1) is 0 Å². The van der Waals surface area contributed by atoms with Crippen LogP contribution in [0.1, 0.15) is 24.1 Å². The van der Waals surface area contributed by atoms with Gasteiger partial charge in [-0.3, -0.25) is 9.36 Å². The summed E-state index contributed by atoms with van der Waals surface area (Å²) in [5, 5.41) is 1.05. The lowest BCUT2D eigenvalue weighted by Gasteiger charge is -2.25. The highest BCUT2D eigenvalue weighted by Crippen LogP contribution is 2.34. The standard InChI is InChI=1S/C24H20Cl2N2O4S/c1-14-20(23(30)32-12-11-31-2)21(17-5-3-4-6-18(17)26)28-22(29)19(33-24(28)27-14)13-15-7-9-16(25)10-8-15/h3-10,13,21H,11-12H2,1-2H3/b19-13-/t21-/m1/s1. The molecule has 2 heterocycles. The number of aromatic nitrogens is 1. The number of carbonyl (C=O) groups is 1. The zero-order valence-corrected chi connectivity index (χ0v) is 20.2. The second-order valence-corrected chi connectivity index (χ2v) is 9.14. The first-order chi connectivity index (χ1) is 15.9.